The van der Waals surface area contributed by atoms with Crippen molar-refractivity contribution in [1.82, 2.24) is 0 Å². The Kier molecular flexibility index (Phi) is 3.36. The lowest BCUT2D eigenvalue weighted by molar-refractivity contribution is -0.669. The molecular weight excluding hydrogens is 250 g/mol. The summed E-state index contributed by atoms with van der Waals surface area (Å²) in [6.45, 7) is 5.45. The van der Waals surface area contributed by atoms with Crippen molar-refractivity contribution < 1.29 is 17.0 Å². The average molecular weight is 264 g/mol. The van der Waals surface area contributed by atoms with E-state index in [9.17, 15) is 0 Å². The van der Waals surface area contributed by atoms with Crippen LogP contribution in [0.4, 0.5) is 0 Å². The molecular formula is C14H14ClNS. The minimum atomic E-state index is 0. The van der Waals surface area contributed by atoms with Gasteiger partial charge in [0.1, 0.15) is 11.2 Å². The SMILES string of the molecule is CC[n+]1c(C)sc2c3ccccc3ccc21.[Cl-]. The van der Waals surface area contributed by atoms with E-state index in [0.29, 0.717) is 0 Å². The molecule has 1 heterocycles. The summed E-state index contributed by atoms with van der Waals surface area (Å²) in [6, 6.07) is 13.1. The predicted molar refractivity (Wildman–Crippen MR) is 69.9 cm³/mol. The van der Waals surface area contributed by atoms with Crippen LogP contribution in [0, 0.1) is 6.92 Å². The molecule has 0 radical (unpaired) electrons. The van der Waals surface area contributed by atoms with Gasteiger partial charge in [-0.15, -0.1) is 0 Å². The molecule has 0 amide bonds. The lowest BCUT2D eigenvalue weighted by atomic mass is 10.1. The third-order valence-corrected chi connectivity index (χ3v) is 4.24. The maximum Gasteiger partial charge on any atom is 0.235 e. The Morgan fingerprint density at radius 3 is 2.65 bits per heavy atom. The molecule has 0 N–H and O–H groups in total. The van der Waals surface area contributed by atoms with Crippen LogP contribution >= 0.6 is 11.3 Å². The summed E-state index contributed by atoms with van der Waals surface area (Å²) in [5.74, 6) is 0. The summed E-state index contributed by atoms with van der Waals surface area (Å²) >= 11 is 1.90. The van der Waals surface area contributed by atoms with Crippen LogP contribution in [0.2, 0.25) is 0 Å². The van der Waals surface area contributed by atoms with Gasteiger partial charge in [-0.3, -0.25) is 0 Å². The highest BCUT2D eigenvalue weighted by molar-refractivity contribution is 7.19. The van der Waals surface area contributed by atoms with E-state index in [2.05, 4.69) is 54.8 Å². The van der Waals surface area contributed by atoms with Crippen molar-refractivity contribution in [2.24, 2.45) is 0 Å². The lowest BCUT2D eigenvalue weighted by Crippen LogP contribution is -3.00. The first-order valence-corrected chi connectivity index (χ1v) is 6.43. The zero-order valence-corrected chi connectivity index (χ0v) is 11.5. The fraction of sp³-hybridized carbons (Fsp3) is 0.214. The molecule has 3 heteroatoms. The summed E-state index contributed by atoms with van der Waals surface area (Å²) in [5.41, 5.74) is 1.36. The van der Waals surface area contributed by atoms with Crippen LogP contribution in [0.5, 0.6) is 0 Å². The summed E-state index contributed by atoms with van der Waals surface area (Å²) in [6.07, 6.45) is 0. The first-order chi connectivity index (χ1) is 7.81. The summed E-state index contributed by atoms with van der Waals surface area (Å²) < 4.78 is 3.80. The van der Waals surface area contributed by atoms with Crippen molar-refractivity contribution in [2.75, 3.05) is 0 Å². The second-order valence-corrected chi connectivity index (χ2v) is 5.20. The second kappa shape index (κ2) is 4.63. The van der Waals surface area contributed by atoms with Gasteiger partial charge in [0.05, 0.1) is 0 Å². The van der Waals surface area contributed by atoms with Crippen molar-refractivity contribution in [2.45, 2.75) is 20.4 Å². The predicted octanol–water partition coefficient (Wildman–Crippen LogP) is 0.674. The highest BCUT2D eigenvalue weighted by Gasteiger charge is 2.16. The maximum absolute atomic E-state index is 2.38. The highest BCUT2D eigenvalue weighted by Crippen LogP contribution is 2.28. The van der Waals surface area contributed by atoms with Gasteiger partial charge in [0.2, 0.25) is 10.5 Å². The van der Waals surface area contributed by atoms with Crippen LogP contribution in [0.3, 0.4) is 0 Å². The van der Waals surface area contributed by atoms with Gasteiger partial charge in [0.15, 0.2) is 0 Å². The van der Waals surface area contributed by atoms with E-state index >= 15 is 0 Å². The van der Waals surface area contributed by atoms with Crippen molar-refractivity contribution in [3.05, 3.63) is 41.4 Å². The molecule has 0 bridgehead atoms. The standard InChI is InChI=1S/C14H14NS.ClH/c1-3-15-10(2)16-14-12-7-5-4-6-11(12)8-9-13(14)15;/h4-9H,3H2,1-2H3;1H/q+1;/p-1. The summed E-state index contributed by atoms with van der Waals surface area (Å²) in [7, 11) is 0. The number of hydrogen-bond donors (Lipinski definition) is 0. The van der Waals surface area contributed by atoms with Crippen molar-refractivity contribution in [1.29, 1.82) is 0 Å². The third-order valence-electron chi connectivity index (χ3n) is 3.10. The Morgan fingerprint density at radius 2 is 1.88 bits per heavy atom. The Labute approximate surface area is 111 Å². The number of aryl methyl sites for hydroxylation is 2. The zero-order valence-electron chi connectivity index (χ0n) is 9.90. The van der Waals surface area contributed by atoms with E-state index in [0.717, 1.165) is 6.54 Å². The van der Waals surface area contributed by atoms with Gasteiger partial charge in [-0.2, -0.15) is 4.57 Å². The molecule has 0 spiro atoms. The van der Waals surface area contributed by atoms with Crippen LogP contribution < -0.4 is 17.0 Å². The second-order valence-electron chi connectivity index (χ2n) is 4.00. The highest BCUT2D eigenvalue weighted by atomic mass is 35.5. The van der Waals surface area contributed by atoms with E-state index in [4.69, 9.17) is 0 Å². The molecule has 0 atom stereocenters. The van der Waals surface area contributed by atoms with Crippen LogP contribution in [0.15, 0.2) is 36.4 Å². The number of fused-ring (bicyclic) bond motifs is 3. The number of rotatable bonds is 1. The summed E-state index contributed by atoms with van der Waals surface area (Å²) in [4.78, 5) is 0. The number of thiazole rings is 1. The van der Waals surface area contributed by atoms with Crippen molar-refractivity contribution in [3.8, 4) is 0 Å². The molecule has 3 aromatic rings. The molecule has 1 nitrogen and oxygen atoms in total. The summed E-state index contributed by atoms with van der Waals surface area (Å²) in [5, 5.41) is 4.09. The molecule has 0 aliphatic rings. The molecule has 0 aliphatic heterocycles. The van der Waals surface area contributed by atoms with Gasteiger partial charge in [-0.25, -0.2) is 0 Å². The third kappa shape index (κ3) is 1.81. The first kappa shape index (κ1) is 12.3. The Hall–Kier alpha value is -1.12. The minimum Gasteiger partial charge on any atom is -1.00 e. The number of nitrogens with zero attached hydrogens (tertiary/aromatic N) is 1. The quantitative estimate of drug-likeness (QED) is 0.569. The maximum atomic E-state index is 2.38. The number of hydrogen-bond acceptors (Lipinski definition) is 1. The molecule has 0 aliphatic carbocycles. The largest absolute Gasteiger partial charge is 1.00 e. The minimum absolute atomic E-state index is 0. The average Bonchev–Trinajstić information content (AvgIpc) is 2.65. The van der Waals surface area contributed by atoms with Crippen molar-refractivity contribution >= 4 is 32.3 Å². The molecule has 2 aromatic carbocycles. The van der Waals surface area contributed by atoms with Crippen LogP contribution in [0.25, 0.3) is 21.0 Å². The van der Waals surface area contributed by atoms with Gasteiger partial charge in [-0.1, -0.05) is 35.6 Å². The van der Waals surface area contributed by atoms with Crippen LogP contribution in [-0.4, -0.2) is 0 Å². The van der Waals surface area contributed by atoms with E-state index in [1.54, 1.807) is 0 Å². The molecule has 0 unspecified atom stereocenters. The lowest BCUT2D eigenvalue weighted by Gasteiger charge is -1.96. The Bertz CT molecular complexity index is 672. The number of benzene rings is 2. The molecule has 0 fully saturated rings. The van der Waals surface area contributed by atoms with Gasteiger partial charge >= 0.3 is 0 Å². The number of aromatic nitrogens is 1. The molecule has 17 heavy (non-hydrogen) atoms. The topological polar surface area (TPSA) is 3.88 Å². The molecule has 88 valence electrons. The van der Waals surface area contributed by atoms with E-state index < -0.39 is 0 Å². The van der Waals surface area contributed by atoms with Gasteiger partial charge in [0.25, 0.3) is 0 Å². The molecule has 1 aromatic heterocycles. The first-order valence-electron chi connectivity index (χ1n) is 5.62. The van der Waals surface area contributed by atoms with E-state index in [1.165, 1.54) is 26.0 Å². The Balaban J connectivity index is 0.00000108. The van der Waals surface area contributed by atoms with Crippen LogP contribution in [0.1, 0.15) is 11.9 Å². The van der Waals surface area contributed by atoms with E-state index in [-0.39, 0.29) is 12.4 Å². The smallest absolute Gasteiger partial charge is 0.235 e. The zero-order chi connectivity index (χ0) is 11.1. The van der Waals surface area contributed by atoms with E-state index in [1.807, 2.05) is 11.3 Å². The van der Waals surface area contributed by atoms with Gasteiger partial charge in [0, 0.05) is 18.4 Å². The van der Waals surface area contributed by atoms with Gasteiger partial charge in [-0.05, 0) is 18.4 Å². The van der Waals surface area contributed by atoms with Crippen LogP contribution in [-0.2, 0) is 6.54 Å². The molecule has 3 rings (SSSR count). The fourth-order valence-electron chi connectivity index (χ4n) is 2.32. The fourth-order valence-corrected chi connectivity index (χ4v) is 3.53. The molecule has 0 saturated carbocycles. The normalized spacial score (nSPS) is 10.7. The molecule has 0 saturated heterocycles. The van der Waals surface area contributed by atoms with Gasteiger partial charge < -0.3 is 12.4 Å². The van der Waals surface area contributed by atoms with Crippen molar-refractivity contribution in [3.63, 3.8) is 0 Å². The Morgan fingerprint density at radius 1 is 1.12 bits per heavy atom. The number of halogens is 1. The monoisotopic (exact) mass is 263 g/mol.